The minimum Gasteiger partial charge on any atom is -0.169 e. The van der Waals surface area contributed by atoms with Gasteiger partial charge in [0.1, 0.15) is 0 Å². The monoisotopic (exact) mass is 346 g/mol. The van der Waals surface area contributed by atoms with Gasteiger partial charge in [0.25, 0.3) is 0 Å². The van der Waals surface area contributed by atoms with E-state index in [1.807, 2.05) is 0 Å². The van der Waals surface area contributed by atoms with Crippen molar-refractivity contribution in [1.82, 2.24) is 0 Å². The van der Waals surface area contributed by atoms with Gasteiger partial charge in [-0.05, 0) is 43.0 Å². The third kappa shape index (κ3) is 2.78. The minimum absolute atomic E-state index is 0.328. The molecule has 0 bridgehead atoms. The molecule has 0 fully saturated rings. The number of benzene rings is 2. The van der Waals surface area contributed by atoms with Crippen LogP contribution in [0.4, 0.5) is 26.3 Å². The Bertz CT molecular complexity index is 726. The zero-order valence-corrected chi connectivity index (χ0v) is 13.3. The van der Waals surface area contributed by atoms with Gasteiger partial charge in [0.2, 0.25) is 5.41 Å². The number of halogens is 6. The van der Waals surface area contributed by atoms with Gasteiger partial charge in [-0.3, -0.25) is 0 Å². The van der Waals surface area contributed by atoms with E-state index in [4.69, 9.17) is 0 Å². The summed E-state index contributed by atoms with van der Waals surface area (Å²) >= 11 is 0. The molecule has 0 N–H and O–H groups in total. The standard InChI is InChI=1S/C18H16F6/c1-11-5-4-6-14(9-11)16(17(19,20)21,18(22,23)24)15-8-7-12(2)13(3)10-15/h4-10H,1-3H3. The van der Waals surface area contributed by atoms with Crippen molar-refractivity contribution in [2.75, 3.05) is 0 Å². The third-order valence-corrected chi connectivity index (χ3v) is 4.24. The van der Waals surface area contributed by atoms with Crippen LogP contribution in [0.2, 0.25) is 0 Å². The molecule has 0 unspecified atom stereocenters. The molecule has 24 heavy (non-hydrogen) atoms. The first-order chi connectivity index (χ1) is 10.9. The second-order valence-corrected chi connectivity index (χ2v) is 5.91. The third-order valence-electron chi connectivity index (χ3n) is 4.24. The zero-order valence-electron chi connectivity index (χ0n) is 13.3. The van der Waals surface area contributed by atoms with Gasteiger partial charge in [-0.25, -0.2) is 0 Å². The normalized spacial score (nSPS) is 13.2. The summed E-state index contributed by atoms with van der Waals surface area (Å²) in [5, 5.41) is 0. The zero-order chi connectivity index (χ0) is 18.3. The topological polar surface area (TPSA) is 0 Å². The smallest absolute Gasteiger partial charge is 0.169 e. The van der Waals surface area contributed by atoms with Crippen molar-refractivity contribution in [3.05, 3.63) is 70.3 Å². The highest BCUT2D eigenvalue weighted by Crippen LogP contribution is 2.56. The number of alkyl halides is 6. The summed E-state index contributed by atoms with van der Waals surface area (Å²) in [6, 6.07) is 7.65. The molecule has 0 spiro atoms. The van der Waals surface area contributed by atoms with Gasteiger partial charge < -0.3 is 0 Å². The van der Waals surface area contributed by atoms with Gasteiger partial charge in [-0.2, -0.15) is 26.3 Å². The summed E-state index contributed by atoms with van der Waals surface area (Å²) in [4.78, 5) is 0. The first-order valence-electron chi connectivity index (χ1n) is 7.19. The Kier molecular flexibility index (Phi) is 4.46. The Balaban J connectivity index is 2.94. The molecule has 2 aromatic rings. The van der Waals surface area contributed by atoms with E-state index in [0.717, 1.165) is 24.3 Å². The van der Waals surface area contributed by atoms with E-state index in [0.29, 0.717) is 16.7 Å². The summed E-state index contributed by atoms with van der Waals surface area (Å²) in [7, 11) is 0. The molecule has 0 nitrogen and oxygen atoms in total. The summed E-state index contributed by atoms with van der Waals surface area (Å²) in [5.41, 5.74) is -4.39. The molecule has 0 radical (unpaired) electrons. The molecule has 0 atom stereocenters. The highest BCUT2D eigenvalue weighted by atomic mass is 19.4. The van der Waals surface area contributed by atoms with Gasteiger partial charge >= 0.3 is 12.4 Å². The first kappa shape index (κ1) is 18.4. The quantitative estimate of drug-likeness (QED) is 0.583. The Labute approximate surface area is 136 Å². The lowest BCUT2D eigenvalue weighted by Gasteiger charge is -2.38. The molecule has 2 rings (SSSR count). The van der Waals surface area contributed by atoms with Crippen LogP contribution in [-0.2, 0) is 5.41 Å². The Hall–Kier alpha value is -1.98. The van der Waals surface area contributed by atoms with Crippen LogP contribution in [-0.4, -0.2) is 12.4 Å². The second-order valence-electron chi connectivity index (χ2n) is 5.91. The largest absolute Gasteiger partial charge is 0.411 e. The first-order valence-corrected chi connectivity index (χ1v) is 7.19. The van der Waals surface area contributed by atoms with Crippen LogP contribution in [0.5, 0.6) is 0 Å². The number of hydrogen-bond donors (Lipinski definition) is 0. The van der Waals surface area contributed by atoms with Crippen LogP contribution >= 0.6 is 0 Å². The molecule has 0 aromatic heterocycles. The molecule has 0 aliphatic rings. The Morgan fingerprint density at radius 1 is 0.625 bits per heavy atom. The molecule has 6 heteroatoms. The lowest BCUT2D eigenvalue weighted by molar-refractivity contribution is -0.288. The maximum absolute atomic E-state index is 13.9. The van der Waals surface area contributed by atoms with Crippen molar-refractivity contribution in [2.45, 2.75) is 38.5 Å². The number of rotatable bonds is 2. The molecule has 2 aromatic carbocycles. The van der Waals surface area contributed by atoms with E-state index in [9.17, 15) is 26.3 Å². The van der Waals surface area contributed by atoms with E-state index in [1.165, 1.54) is 32.0 Å². The molecule has 0 saturated heterocycles. The van der Waals surface area contributed by atoms with E-state index >= 15 is 0 Å². The molecule has 0 heterocycles. The van der Waals surface area contributed by atoms with Crippen LogP contribution in [0.25, 0.3) is 0 Å². The van der Waals surface area contributed by atoms with Gasteiger partial charge in [-0.1, -0.05) is 48.0 Å². The van der Waals surface area contributed by atoms with E-state index in [-0.39, 0.29) is 0 Å². The fourth-order valence-electron chi connectivity index (χ4n) is 2.84. The number of hydrogen-bond acceptors (Lipinski definition) is 0. The van der Waals surface area contributed by atoms with Crippen molar-refractivity contribution in [3.63, 3.8) is 0 Å². The average Bonchev–Trinajstić information content (AvgIpc) is 2.40. The molecule has 0 saturated carbocycles. The van der Waals surface area contributed by atoms with Crippen LogP contribution in [0.15, 0.2) is 42.5 Å². The van der Waals surface area contributed by atoms with Crippen molar-refractivity contribution >= 4 is 0 Å². The lowest BCUT2D eigenvalue weighted by Crippen LogP contribution is -2.54. The van der Waals surface area contributed by atoms with Crippen LogP contribution in [0.1, 0.15) is 27.8 Å². The van der Waals surface area contributed by atoms with Crippen molar-refractivity contribution < 1.29 is 26.3 Å². The highest BCUT2D eigenvalue weighted by molar-refractivity contribution is 5.47. The van der Waals surface area contributed by atoms with Gasteiger partial charge in [-0.15, -0.1) is 0 Å². The minimum atomic E-state index is -5.54. The van der Waals surface area contributed by atoms with E-state index < -0.39 is 28.9 Å². The summed E-state index contributed by atoms with van der Waals surface area (Å²) < 4.78 is 83.3. The number of aryl methyl sites for hydroxylation is 3. The van der Waals surface area contributed by atoms with Crippen molar-refractivity contribution in [3.8, 4) is 0 Å². The van der Waals surface area contributed by atoms with Crippen LogP contribution in [0, 0.1) is 20.8 Å². The van der Waals surface area contributed by atoms with Crippen molar-refractivity contribution in [2.24, 2.45) is 0 Å². The van der Waals surface area contributed by atoms with E-state index in [2.05, 4.69) is 0 Å². The maximum atomic E-state index is 13.9. The Morgan fingerprint density at radius 3 is 1.62 bits per heavy atom. The molecule has 0 aliphatic heterocycles. The van der Waals surface area contributed by atoms with Gasteiger partial charge in [0, 0.05) is 0 Å². The second kappa shape index (κ2) is 5.83. The van der Waals surface area contributed by atoms with Crippen molar-refractivity contribution in [1.29, 1.82) is 0 Å². The van der Waals surface area contributed by atoms with Gasteiger partial charge in [0.05, 0.1) is 0 Å². The van der Waals surface area contributed by atoms with Crippen LogP contribution in [0.3, 0.4) is 0 Å². The lowest BCUT2D eigenvalue weighted by atomic mass is 9.72. The fraction of sp³-hybridized carbons (Fsp3) is 0.333. The van der Waals surface area contributed by atoms with Crippen LogP contribution < -0.4 is 0 Å². The molecular formula is C18H16F6. The summed E-state index contributed by atoms with van der Waals surface area (Å²) in [6.07, 6.45) is -11.1. The Morgan fingerprint density at radius 2 is 1.17 bits per heavy atom. The van der Waals surface area contributed by atoms with Gasteiger partial charge in [0.15, 0.2) is 0 Å². The molecule has 0 aliphatic carbocycles. The van der Waals surface area contributed by atoms with E-state index in [1.54, 1.807) is 6.92 Å². The average molecular weight is 346 g/mol. The predicted octanol–water partition coefficient (Wildman–Crippen LogP) is 6.02. The summed E-state index contributed by atoms with van der Waals surface area (Å²) in [6.45, 7) is 4.59. The fourth-order valence-corrected chi connectivity index (χ4v) is 2.84. The highest BCUT2D eigenvalue weighted by Gasteiger charge is 2.72. The predicted molar refractivity (Wildman–Crippen MR) is 80.0 cm³/mol. The maximum Gasteiger partial charge on any atom is 0.411 e. The summed E-state index contributed by atoms with van der Waals surface area (Å²) in [5.74, 6) is 0. The SMILES string of the molecule is Cc1cccc(C(c2ccc(C)c(C)c2)(C(F)(F)F)C(F)(F)F)c1. The molecule has 0 amide bonds. The molecule has 130 valence electrons. The molecular weight excluding hydrogens is 330 g/mol.